The highest BCUT2D eigenvalue weighted by Gasteiger charge is 2.18. The minimum atomic E-state index is 0.566. The highest BCUT2D eigenvalue weighted by atomic mass is 79.9. The molecule has 1 N–H and O–H groups in total. The number of nitrogens with one attached hydrogen (secondary N) is 1. The Morgan fingerprint density at radius 2 is 2.21 bits per heavy atom. The van der Waals surface area contributed by atoms with Gasteiger partial charge in [0, 0.05) is 10.5 Å². The Morgan fingerprint density at radius 1 is 1.43 bits per heavy atom. The van der Waals surface area contributed by atoms with Crippen LogP contribution in [0.2, 0.25) is 0 Å². The largest absolute Gasteiger partial charge is 0.381 e. The quantitative estimate of drug-likeness (QED) is 0.875. The molecule has 0 aromatic heterocycles. The Kier molecular flexibility index (Phi) is 2.74. The monoisotopic (exact) mass is 250 g/mol. The summed E-state index contributed by atoms with van der Waals surface area (Å²) in [6.07, 6.45) is 3.74. The van der Waals surface area contributed by atoms with E-state index in [0.29, 0.717) is 11.6 Å². The lowest BCUT2D eigenvalue weighted by atomic mass is 9.92. The maximum Gasteiger partial charge on any atom is 0.103 e. The standard InChI is InChI=1S/C11H11BrN2/c12-10-5-2-6-11(9(10)7-13)14-8-3-1-4-8/h2,5-6,8,14H,1,3-4H2. The van der Waals surface area contributed by atoms with Crippen LogP contribution in [0.3, 0.4) is 0 Å². The molecule has 72 valence electrons. The van der Waals surface area contributed by atoms with Crippen LogP contribution in [0.25, 0.3) is 0 Å². The normalized spacial score (nSPS) is 15.7. The average molecular weight is 251 g/mol. The van der Waals surface area contributed by atoms with Crippen molar-refractivity contribution in [3.8, 4) is 6.07 Å². The fraction of sp³-hybridized carbons (Fsp3) is 0.364. The molecule has 2 rings (SSSR count). The summed E-state index contributed by atoms with van der Waals surface area (Å²) in [6, 6.07) is 8.58. The van der Waals surface area contributed by atoms with Crippen LogP contribution in [0.4, 0.5) is 5.69 Å². The van der Waals surface area contributed by atoms with Gasteiger partial charge in [0.1, 0.15) is 6.07 Å². The Bertz CT molecular complexity index is 377. The SMILES string of the molecule is N#Cc1c(Br)cccc1NC1CCC1. The van der Waals surface area contributed by atoms with Gasteiger partial charge in [-0.05, 0) is 47.3 Å². The van der Waals surface area contributed by atoms with Gasteiger partial charge in [0.25, 0.3) is 0 Å². The predicted molar refractivity (Wildman–Crippen MR) is 60.1 cm³/mol. The van der Waals surface area contributed by atoms with Gasteiger partial charge in [0.15, 0.2) is 0 Å². The third-order valence-corrected chi connectivity index (χ3v) is 3.25. The van der Waals surface area contributed by atoms with Crippen molar-refractivity contribution >= 4 is 21.6 Å². The Morgan fingerprint density at radius 3 is 2.79 bits per heavy atom. The number of rotatable bonds is 2. The van der Waals surface area contributed by atoms with Crippen LogP contribution in [0.5, 0.6) is 0 Å². The number of hydrogen-bond donors (Lipinski definition) is 1. The summed E-state index contributed by atoms with van der Waals surface area (Å²) >= 11 is 3.37. The minimum Gasteiger partial charge on any atom is -0.381 e. The molecule has 0 saturated heterocycles. The smallest absolute Gasteiger partial charge is 0.103 e. The van der Waals surface area contributed by atoms with Gasteiger partial charge in [-0.15, -0.1) is 0 Å². The van der Waals surface area contributed by atoms with Gasteiger partial charge in [-0.1, -0.05) is 6.07 Å². The van der Waals surface area contributed by atoms with Crippen molar-refractivity contribution in [2.75, 3.05) is 5.32 Å². The summed E-state index contributed by atoms with van der Waals surface area (Å²) in [5.74, 6) is 0. The second kappa shape index (κ2) is 4.02. The van der Waals surface area contributed by atoms with E-state index in [1.54, 1.807) is 0 Å². The van der Waals surface area contributed by atoms with E-state index in [9.17, 15) is 0 Å². The van der Waals surface area contributed by atoms with Crippen molar-refractivity contribution in [1.29, 1.82) is 5.26 Å². The molecule has 0 unspecified atom stereocenters. The lowest BCUT2D eigenvalue weighted by molar-refractivity contribution is 0.445. The van der Waals surface area contributed by atoms with Gasteiger partial charge in [-0.2, -0.15) is 5.26 Å². The molecular formula is C11H11BrN2. The molecule has 0 aliphatic heterocycles. The summed E-state index contributed by atoms with van der Waals surface area (Å²) in [5.41, 5.74) is 1.66. The molecule has 0 amide bonds. The van der Waals surface area contributed by atoms with Gasteiger partial charge in [-0.25, -0.2) is 0 Å². The fourth-order valence-electron chi connectivity index (χ4n) is 1.53. The second-order valence-electron chi connectivity index (χ2n) is 3.55. The topological polar surface area (TPSA) is 35.8 Å². The van der Waals surface area contributed by atoms with Crippen molar-refractivity contribution in [3.63, 3.8) is 0 Å². The van der Waals surface area contributed by atoms with E-state index in [2.05, 4.69) is 27.3 Å². The molecule has 1 aromatic carbocycles. The van der Waals surface area contributed by atoms with Gasteiger partial charge < -0.3 is 5.32 Å². The molecule has 1 aliphatic carbocycles. The average Bonchev–Trinajstić information content (AvgIpc) is 2.11. The molecule has 2 nitrogen and oxygen atoms in total. The first-order valence-corrected chi connectivity index (χ1v) is 5.55. The van der Waals surface area contributed by atoms with Crippen LogP contribution in [-0.4, -0.2) is 6.04 Å². The Balaban J connectivity index is 2.23. The van der Waals surface area contributed by atoms with E-state index < -0.39 is 0 Å². The molecule has 0 heterocycles. The first-order chi connectivity index (χ1) is 6.81. The van der Waals surface area contributed by atoms with Crippen molar-refractivity contribution < 1.29 is 0 Å². The molecule has 14 heavy (non-hydrogen) atoms. The molecule has 0 radical (unpaired) electrons. The van der Waals surface area contributed by atoms with E-state index in [4.69, 9.17) is 5.26 Å². The van der Waals surface area contributed by atoms with Crippen molar-refractivity contribution in [1.82, 2.24) is 0 Å². The zero-order chi connectivity index (χ0) is 9.97. The lowest BCUT2D eigenvalue weighted by Crippen LogP contribution is -2.27. The summed E-state index contributed by atoms with van der Waals surface area (Å²) in [7, 11) is 0. The molecule has 3 heteroatoms. The molecule has 0 spiro atoms. The predicted octanol–water partition coefficient (Wildman–Crippen LogP) is 3.29. The maximum absolute atomic E-state index is 8.98. The highest BCUT2D eigenvalue weighted by molar-refractivity contribution is 9.10. The van der Waals surface area contributed by atoms with Gasteiger partial charge in [0.05, 0.1) is 11.3 Å². The Labute approximate surface area is 92.1 Å². The van der Waals surface area contributed by atoms with Crippen molar-refractivity contribution in [2.24, 2.45) is 0 Å². The maximum atomic E-state index is 8.98. The zero-order valence-corrected chi connectivity index (χ0v) is 9.34. The number of nitriles is 1. The van der Waals surface area contributed by atoms with Crippen LogP contribution in [0.15, 0.2) is 22.7 Å². The molecule has 0 atom stereocenters. The summed E-state index contributed by atoms with van der Waals surface area (Å²) < 4.78 is 0.865. The number of benzene rings is 1. The van der Waals surface area contributed by atoms with Crippen LogP contribution in [0.1, 0.15) is 24.8 Å². The van der Waals surface area contributed by atoms with E-state index >= 15 is 0 Å². The van der Waals surface area contributed by atoms with Crippen molar-refractivity contribution in [3.05, 3.63) is 28.2 Å². The van der Waals surface area contributed by atoms with Gasteiger partial charge >= 0.3 is 0 Å². The van der Waals surface area contributed by atoms with E-state index in [1.807, 2.05) is 18.2 Å². The number of nitrogens with zero attached hydrogens (tertiary/aromatic N) is 1. The third-order valence-electron chi connectivity index (χ3n) is 2.59. The van der Waals surface area contributed by atoms with Crippen LogP contribution >= 0.6 is 15.9 Å². The first-order valence-electron chi connectivity index (χ1n) is 4.76. The third kappa shape index (κ3) is 1.76. The van der Waals surface area contributed by atoms with E-state index in [0.717, 1.165) is 10.2 Å². The molecule has 1 aliphatic rings. The van der Waals surface area contributed by atoms with E-state index in [1.165, 1.54) is 19.3 Å². The van der Waals surface area contributed by atoms with E-state index in [-0.39, 0.29) is 0 Å². The summed E-state index contributed by atoms with van der Waals surface area (Å²) in [4.78, 5) is 0. The molecular weight excluding hydrogens is 240 g/mol. The van der Waals surface area contributed by atoms with Crippen molar-refractivity contribution in [2.45, 2.75) is 25.3 Å². The van der Waals surface area contributed by atoms with Crippen LogP contribution in [0, 0.1) is 11.3 Å². The molecule has 1 saturated carbocycles. The fourth-order valence-corrected chi connectivity index (χ4v) is 1.99. The number of anilines is 1. The summed E-state index contributed by atoms with van der Waals surface area (Å²) in [5, 5.41) is 12.4. The molecule has 1 fully saturated rings. The lowest BCUT2D eigenvalue weighted by Gasteiger charge is -2.28. The van der Waals surface area contributed by atoms with Crippen LogP contribution < -0.4 is 5.32 Å². The Hall–Kier alpha value is -1.01. The highest BCUT2D eigenvalue weighted by Crippen LogP contribution is 2.28. The zero-order valence-electron chi connectivity index (χ0n) is 7.76. The number of hydrogen-bond acceptors (Lipinski definition) is 2. The van der Waals surface area contributed by atoms with Crippen LogP contribution in [-0.2, 0) is 0 Å². The first kappa shape index (κ1) is 9.54. The molecule has 0 bridgehead atoms. The van der Waals surface area contributed by atoms with Gasteiger partial charge in [0.2, 0.25) is 0 Å². The molecule has 1 aromatic rings. The number of halogens is 1. The van der Waals surface area contributed by atoms with Gasteiger partial charge in [-0.3, -0.25) is 0 Å². The summed E-state index contributed by atoms with van der Waals surface area (Å²) in [6.45, 7) is 0. The minimum absolute atomic E-state index is 0.566. The second-order valence-corrected chi connectivity index (χ2v) is 4.40.